The van der Waals surface area contributed by atoms with Crippen LogP contribution in [-0.2, 0) is 26.9 Å². The van der Waals surface area contributed by atoms with Gasteiger partial charge in [-0.3, -0.25) is 4.79 Å². The van der Waals surface area contributed by atoms with Crippen LogP contribution in [0.2, 0.25) is 0 Å². The van der Waals surface area contributed by atoms with Gasteiger partial charge in [0.05, 0.1) is 21.7 Å². The molecule has 1 amide bonds. The summed E-state index contributed by atoms with van der Waals surface area (Å²) in [6.07, 6.45) is 2.37. The zero-order valence-corrected chi connectivity index (χ0v) is 20.1. The van der Waals surface area contributed by atoms with Gasteiger partial charge in [-0.1, -0.05) is 41.7 Å². The Morgan fingerprint density at radius 2 is 1.94 bits per heavy atom. The molecule has 0 atom stereocenters. The number of nitrogens with zero attached hydrogens (tertiary/aromatic N) is 2. The molecule has 0 aliphatic carbocycles. The monoisotopic (exact) mass is 492 g/mol. The summed E-state index contributed by atoms with van der Waals surface area (Å²) in [5, 5.41) is 0. The summed E-state index contributed by atoms with van der Waals surface area (Å²) in [5.41, 5.74) is 1.70. The van der Waals surface area contributed by atoms with E-state index in [1.807, 2.05) is 41.2 Å². The van der Waals surface area contributed by atoms with Crippen molar-refractivity contribution in [2.24, 2.45) is 4.99 Å². The van der Waals surface area contributed by atoms with E-state index in [2.05, 4.69) is 4.99 Å². The molecule has 2 aromatic carbocycles. The molecule has 10 heteroatoms. The minimum atomic E-state index is -3.28. The van der Waals surface area contributed by atoms with Crippen molar-refractivity contribution in [2.45, 2.75) is 25.1 Å². The molecule has 1 aliphatic heterocycles. The standard InChI is InChI=1S/C22H24N2O5S3/c1-30-10-9-24-17-12-18-19(29-15-28-18)13-20(17)31-22(24)23-21(25)8-5-11-32(26,27)14-16-6-3-2-4-7-16/h2-4,6-7,12-13H,5,8-11,14-15H2,1H3. The average molecular weight is 493 g/mol. The number of aromatic nitrogens is 1. The second-order valence-corrected chi connectivity index (χ2v) is 11.6. The van der Waals surface area contributed by atoms with Crippen LogP contribution in [0.25, 0.3) is 10.2 Å². The molecule has 2 heterocycles. The van der Waals surface area contributed by atoms with Crippen LogP contribution in [0.3, 0.4) is 0 Å². The van der Waals surface area contributed by atoms with E-state index in [0.717, 1.165) is 21.5 Å². The Hall–Kier alpha value is -2.30. The minimum absolute atomic E-state index is 0.0149. The molecule has 0 bridgehead atoms. The lowest BCUT2D eigenvalue weighted by Crippen LogP contribution is -2.18. The number of carbonyl (C=O) groups excluding carboxylic acids is 1. The van der Waals surface area contributed by atoms with Crippen molar-refractivity contribution in [1.29, 1.82) is 0 Å². The van der Waals surface area contributed by atoms with E-state index >= 15 is 0 Å². The predicted molar refractivity (Wildman–Crippen MR) is 128 cm³/mol. The smallest absolute Gasteiger partial charge is 0.248 e. The highest BCUT2D eigenvalue weighted by Gasteiger charge is 2.18. The molecule has 0 unspecified atom stereocenters. The number of aryl methyl sites for hydroxylation is 1. The first kappa shape index (κ1) is 22.9. The van der Waals surface area contributed by atoms with Crippen molar-refractivity contribution in [1.82, 2.24) is 4.57 Å². The van der Waals surface area contributed by atoms with E-state index in [4.69, 9.17) is 9.47 Å². The number of benzene rings is 2. The zero-order chi connectivity index (χ0) is 22.6. The molecule has 0 saturated heterocycles. The molecule has 0 spiro atoms. The number of amides is 1. The number of thiazole rings is 1. The number of fused-ring (bicyclic) bond motifs is 2. The highest BCUT2D eigenvalue weighted by molar-refractivity contribution is 7.98. The van der Waals surface area contributed by atoms with E-state index in [1.165, 1.54) is 11.3 Å². The van der Waals surface area contributed by atoms with Gasteiger partial charge >= 0.3 is 0 Å². The molecule has 32 heavy (non-hydrogen) atoms. The van der Waals surface area contributed by atoms with Gasteiger partial charge in [-0.05, 0) is 18.2 Å². The summed E-state index contributed by atoms with van der Waals surface area (Å²) in [7, 11) is -3.28. The van der Waals surface area contributed by atoms with Crippen molar-refractivity contribution in [3.8, 4) is 11.5 Å². The van der Waals surface area contributed by atoms with E-state index in [0.29, 0.717) is 22.8 Å². The number of rotatable bonds is 9. The van der Waals surface area contributed by atoms with E-state index in [1.54, 1.807) is 23.9 Å². The summed E-state index contributed by atoms with van der Waals surface area (Å²) in [4.78, 5) is 17.5. The quantitative estimate of drug-likeness (QED) is 0.454. The maximum absolute atomic E-state index is 12.5. The maximum Gasteiger partial charge on any atom is 0.248 e. The molecule has 0 saturated carbocycles. The second-order valence-electron chi connectivity index (χ2n) is 7.39. The molecule has 4 rings (SSSR count). The minimum Gasteiger partial charge on any atom is -0.454 e. The molecule has 170 valence electrons. The van der Waals surface area contributed by atoms with Crippen LogP contribution in [0, 0.1) is 0 Å². The van der Waals surface area contributed by atoms with Crippen LogP contribution in [0.4, 0.5) is 0 Å². The van der Waals surface area contributed by atoms with Crippen LogP contribution in [-0.4, -0.2) is 43.4 Å². The summed E-state index contributed by atoms with van der Waals surface area (Å²) in [6, 6.07) is 12.9. The van der Waals surface area contributed by atoms with E-state index < -0.39 is 9.84 Å². The average Bonchev–Trinajstić information content (AvgIpc) is 3.34. The first-order valence-electron chi connectivity index (χ1n) is 10.2. The van der Waals surface area contributed by atoms with Crippen LogP contribution >= 0.6 is 23.1 Å². The van der Waals surface area contributed by atoms with Gasteiger partial charge in [0.2, 0.25) is 12.7 Å². The molecule has 0 fully saturated rings. The molecule has 0 N–H and O–H groups in total. The van der Waals surface area contributed by atoms with Gasteiger partial charge in [-0.15, -0.1) is 0 Å². The van der Waals surface area contributed by atoms with E-state index in [-0.39, 0.29) is 37.0 Å². The summed E-state index contributed by atoms with van der Waals surface area (Å²) >= 11 is 3.14. The maximum atomic E-state index is 12.5. The number of thioether (sulfide) groups is 1. The molecule has 7 nitrogen and oxygen atoms in total. The fraction of sp³-hybridized carbons (Fsp3) is 0.364. The Kier molecular flexibility index (Phi) is 7.22. The third-order valence-electron chi connectivity index (χ3n) is 4.99. The Bertz CT molecular complexity index is 1280. The lowest BCUT2D eigenvalue weighted by Gasteiger charge is -2.05. The fourth-order valence-electron chi connectivity index (χ4n) is 3.45. The fourth-order valence-corrected chi connectivity index (χ4v) is 6.33. The molecule has 1 aliphatic rings. The largest absolute Gasteiger partial charge is 0.454 e. The number of hydrogen-bond donors (Lipinski definition) is 0. The summed E-state index contributed by atoms with van der Waals surface area (Å²) < 4.78 is 38.7. The Balaban J connectivity index is 1.47. The van der Waals surface area contributed by atoms with Gasteiger partial charge in [-0.2, -0.15) is 16.8 Å². The van der Waals surface area contributed by atoms with Gasteiger partial charge < -0.3 is 14.0 Å². The topological polar surface area (TPSA) is 87.0 Å². The van der Waals surface area contributed by atoms with Crippen molar-refractivity contribution in [3.63, 3.8) is 0 Å². The first-order valence-corrected chi connectivity index (χ1v) is 14.2. The molecule has 3 aromatic rings. The van der Waals surface area contributed by atoms with Crippen molar-refractivity contribution in [2.75, 3.05) is 24.6 Å². The van der Waals surface area contributed by atoms with Crippen LogP contribution in [0.15, 0.2) is 47.5 Å². The zero-order valence-electron chi connectivity index (χ0n) is 17.7. The normalized spacial score (nSPS) is 13.7. The third kappa shape index (κ3) is 5.54. The summed E-state index contributed by atoms with van der Waals surface area (Å²) in [5.74, 6) is 1.89. The van der Waals surface area contributed by atoms with Crippen LogP contribution in [0.1, 0.15) is 18.4 Å². The number of carbonyl (C=O) groups is 1. The Morgan fingerprint density at radius 3 is 2.69 bits per heavy atom. The second kappa shape index (κ2) is 10.1. The van der Waals surface area contributed by atoms with Gasteiger partial charge in [0.25, 0.3) is 0 Å². The number of sulfone groups is 1. The highest BCUT2D eigenvalue weighted by Crippen LogP contribution is 2.37. The van der Waals surface area contributed by atoms with Gasteiger partial charge in [0.15, 0.2) is 26.1 Å². The Morgan fingerprint density at radius 1 is 1.19 bits per heavy atom. The van der Waals surface area contributed by atoms with Crippen molar-refractivity contribution >= 4 is 49.1 Å². The SMILES string of the molecule is CSCCn1c(=NC(=O)CCCS(=O)(=O)Cc2ccccc2)sc2cc3c(cc21)OCO3. The van der Waals surface area contributed by atoms with Gasteiger partial charge in [0, 0.05) is 30.9 Å². The van der Waals surface area contributed by atoms with Crippen molar-refractivity contribution in [3.05, 3.63) is 52.8 Å². The number of ether oxygens (including phenoxy) is 2. The van der Waals surface area contributed by atoms with Gasteiger partial charge in [-0.25, -0.2) is 8.42 Å². The number of hydrogen-bond acceptors (Lipinski definition) is 7. The molecule has 1 aromatic heterocycles. The van der Waals surface area contributed by atoms with Gasteiger partial charge in [0.1, 0.15) is 0 Å². The van der Waals surface area contributed by atoms with Crippen LogP contribution in [0.5, 0.6) is 11.5 Å². The lowest BCUT2D eigenvalue weighted by molar-refractivity contribution is -0.118. The molecular formula is C22H24N2O5S3. The highest BCUT2D eigenvalue weighted by atomic mass is 32.2. The third-order valence-corrected chi connectivity index (χ3v) is 8.31. The van der Waals surface area contributed by atoms with E-state index in [9.17, 15) is 13.2 Å². The summed E-state index contributed by atoms with van der Waals surface area (Å²) in [6.45, 7) is 0.915. The Labute approximate surface area is 195 Å². The predicted octanol–water partition coefficient (Wildman–Crippen LogP) is 3.62. The lowest BCUT2D eigenvalue weighted by atomic mass is 10.2. The van der Waals surface area contributed by atoms with Crippen molar-refractivity contribution < 1.29 is 22.7 Å². The van der Waals surface area contributed by atoms with Crippen LogP contribution < -0.4 is 14.3 Å². The molecular weight excluding hydrogens is 468 g/mol. The molecule has 0 radical (unpaired) electrons. The first-order chi connectivity index (χ1) is 15.4.